The minimum absolute atomic E-state index is 0.420. The Hall–Kier alpha value is -0.545. The summed E-state index contributed by atoms with van der Waals surface area (Å²) in [5.41, 5.74) is 4.87. The van der Waals surface area contributed by atoms with Crippen molar-refractivity contribution in [3.8, 4) is 0 Å². The molecule has 1 aliphatic rings. The highest BCUT2D eigenvalue weighted by molar-refractivity contribution is 6.08. The first-order valence-electron chi connectivity index (χ1n) is 5.51. The summed E-state index contributed by atoms with van der Waals surface area (Å²) in [6, 6.07) is 0. The van der Waals surface area contributed by atoms with E-state index < -0.39 is 11.5 Å². The lowest BCUT2D eigenvalue weighted by molar-refractivity contribution is -0.144. The number of carbonyl (C=O) groups is 1. The first kappa shape index (κ1) is 12.5. The summed E-state index contributed by atoms with van der Waals surface area (Å²) >= 11 is 0. The molecule has 0 aromatic rings. The Kier molecular flexibility index (Phi) is 4.60. The second kappa shape index (κ2) is 5.51. The number of nitrogens with one attached hydrogen (secondary N) is 1. The summed E-state index contributed by atoms with van der Waals surface area (Å²) in [5, 5.41) is 12.2. The van der Waals surface area contributed by atoms with Gasteiger partial charge in [-0.2, -0.15) is 0 Å². The highest BCUT2D eigenvalue weighted by atomic mass is 16.4. The van der Waals surface area contributed by atoms with Crippen molar-refractivity contribution in [1.82, 2.24) is 5.32 Å². The summed E-state index contributed by atoms with van der Waals surface area (Å²) < 4.78 is 0. The molecule has 84 valence electrons. The van der Waals surface area contributed by atoms with Gasteiger partial charge >= 0.3 is 5.97 Å². The molecule has 0 bridgehead atoms. The van der Waals surface area contributed by atoms with Gasteiger partial charge in [0.1, 0.15) is 5.54 Å². The summed E-state index contributed by atoms with van der Waals surface area (Å²) in [5.74, 6) is -0.463. The molecule has 5 heteroatoms. The van der Waals surface area contributed by atoms with E-state index in [4.69, 9.17) is 18.7 Å². The molecule has 1 fully saturated rings. The zero-order chi connectivity index (χ0) is 11.3. The Balaban J connectivity index is 2.40. The molecule has 1 unspecified atom stereocenters. The smallest absolute Gasteiger partial charge is 0.323 e. The Morgan fingerprint density at radius 1 is 1.53 bits per heavy atom. The van der Waals surface area contributed by atoms with E-state index in [9.17, 15) is 4.79 Å². The number of carboxylic acid groups (broad SMARTS) is 1. The van der Waals surface area contributed by atoms with E-state index in [0.29, 0.717) is 25.1 Å². The van der Waals surface area contributed by atoms with Gasteiger partial charge in [0.2, 0.25) is 0 Å². The van der Waals surface area contributed by atoms with Crippen LogP contribution in [0.5, 0.6) is 0 Å². The van der Waals surface area contributed by atoms with E-state index in [1.807, 2.05) is 0 Å². The van der Waals surface area contributed by atoms with Gasteiger partial charge in [0.25, 0.3) is 0 Å². The highest BCUT2D eigenvalue weighted by Gasteiger charge is 2.37. The maximum absolute atomic E-state index is 11.1. The van der Waals surface area contributed by atoms with E-state index in [2.05, 4.69) is 5.32 Å². The number of unbranched alkanes of at least 4 members (excludes halogenated alkanes) is 1. The normalized spacial score (nSPS) is 20.6. The van der Waals surface area contributed by atoms with Crippen LogP contribution in [0.3, 0.4) is 0 Å². The lowest BCUT2D eigenvalue weighted by atomic mass is 9.81. The maximum Gasteiger partial charge on any atom is 0.323 e. The minimum Gasteiger partial charge on any atom is -0.480 e. The topological polar surface area (TPSA) is 75.3 Å². The van der Waals surface area contributed by atoms with Crippen molar-refractivity contribution in [1.29, 1.82) is 0 Å². The Morgan fingerprint density at radius 3 is 2.60 bits per heavy atom. The van der Waals surface area contributed by atoms with Crippen molar-refractivity contribution in [2.24, 2.45) is 11.7 Å². The Labute approximate surface area is 92.0 Å². The van der Waals surface area contributed by atoms with Gasteiger partial charge in [0.15, 0.2) is 0 Å². The van der Waals surface area contributed by atoms with Crippen LogP contribution in [-0.2, 0) is 4.79 Å². The quantitative estimate of drug-likeness (QED) is 0.412. The summed E-state index contributed by atoms with van der Waals surface area (Å²) in [7, 11) is 5.37. The first-order valence-corrected chi connectivity index (χ1v) is 5.51. The van der Waals surface area contributed by atoms with E-state index >= 15 is 0 Å². The van der Waals surface area contributed by atoms with Crippen LogP contribution >= 0.6 is 0 Å². The minimum atomic E-state index is -1.05. The number of rotatable bonds is 7. The number of hydrogen-bond donors (Lipinski definition) is 3. The molecular weight excluding hydrogens is 191 g/mol. The monoisotopic (exact) mass is 210 g/mol. The van der Waals surface area contributed by atoms with Gasteiger partial charge in [-0.1, -0.05) is 19.2 Å². The van der Waals surface area contributed by atoms with Crippen LogP contribution in [0, 0.1) is 5.92 Å². The van der Waals surface area contributed by atoms with Crippen molar-refractivity contribution in [2.75, 3.05) is 13.1 Å². The molecule has 4 N–H and O–H groups in total. The summed E-state index contributed by atoms with van der Waals surface area (Å²) in [6.45, 7) is 1.78. The molecule has 1 rings (SSSR count). The molecule has 1 heterocycles. The molecule has 1 aliphatic heterocycles. The number of hydrogen-bond acceptors (Lipinski definition) is 3. The predicted octanol–water partition coefficient (Wildman–Crippen LogP) is 0.135. The fourth-order valence-corrected chi connectivity index (χ4v) is 1.89. The third kappa shape index (κ3) is 3.50. The maximum atomic E-state index is 11.1. The Morgan fingerprint density at radius 2 is 2.20 bits per heavy atom. The van der Waals surface area contributed by atoms with Crippen LogP contribution < -0.4 is 11.1 Å². The lowest BCUT2D eigenvalue weighted by Crippen LogP contribution is -2.54. The van der Waals surface area contributed by atoms with Crippen molar-refractivity contribution in [2.45, 2.75) is 37.5 Å². The van der Waals surface area contributed by atoms with Crippen LogP contribution in [0.15, 0.2) is 0 Å². The average Bonchev–Trinajstić information content (AvgIpc) is 2.12. The molecule has 0 aliphatic carbocycles. The van der Waals surface area contributed by atoms with Crippen LogP contribution in [0.4, 0.5) is 0 Å². The van der Waals surface area contributed by atoms with Crippen molar-refractivity contribution >= 4 is 13.8 Å². The van der Waals surface area contributed by atoms with Crippen LogP contribution in [0.25, 0.3) is 0 Å². The summed E-state index contributed by atoms with van der Waals surface area (Å²) in [4.78, 5) is 11.1. The molecule has 0 aromatic carbocycles. The van der Waals surface area contributed by atoms with Gasteiger partial charge in [-0.3, -0.25) is 4.79 Å². The third-order valence-corrected chi connectivity index (χ3v) is 3.02. The van der Waals surface area contributed by atoms with E-state index in [0.717, 1.165) is 25.9 Å². The van der Waals surface area contributed by atoms with E-state index in [-0.39, 0.29) is 0 Å². The molecule has 0 saturated carbocycles. The molecule has 4 nitrogen and oxygen atoms in total. The molecule has 0 spiro atoms. The lowest BCUT2D eigenvalue weighted by Gasteiger charge is -2.34. The number of carboxylic acids is 1. The fourth-order valence-electron chi connectivity index (χ4n) is 1.89. The zero-order valence-electron chi connectivity index (χ0n) is 9.04. The predicted molar refractivity (Wildman–Crippen MR) is 59.9 cm³/mol. The molecule has 0 amide bonds. The van der Waals surface area contributed by atoms with Gasteiger partial charge in [-0.15, -0.1) is 0 Å². The van der Waals surface area contributed by atoms with Gasteiger partial charge in [-0.25, -0.2) is 0 Å². The van der Waals surface area contributed by atoms with E-state index in [1.165, 1.54) is 0 Å². The second-order valence-electron chi connectivity index (χ2n) is 4.44. The molecule has 0 aromatic heterocycles. The van der Waals surface area contributed by atoms with Gasteiger partial charge in [0, 0.05) is 0 Å². The van der Waals surface area contributed by atoms with Crippen molar-refractivity contribution < 1.29 is 9.90 Å². The zero-order valence-corrected chi connectivity index (χ0v) is 9.04. The highest BCUT2D eigenvalue weighted by Crippen LogP contribution is 2.23. The van der Waals surface area contributed by atoms with Gasteiger partial charge < -0.3 is 16.2 Å². The largest absolute Gasteiger partial charge is 0.480 e. The molecule has 1 saturated heterocycles. The van der Waals surface area contributed by atoms with Crippen molar-refractivity contribution in [3.63, 3.8) is 0 Å². The number of nitrogens with two attached hydrogens (primary N) is 1. The SMILES string of the molecule is [B]CCCCC(N)(CC1CNC1)C(=O)O. The molecular formula is C10H19BN2O2. The fraction of sp³-hybridized carbons (Fsp3) is 0.900. The van der Waals surface area contributed by atoms with Crippen LogP contribution in [0.1, 0.15) is 25.7 Å². The molecule has 15 heavy (non-hydrogen) atoms. The Bertz CT molecular complexity index is 221. The van der Waals surface area contributed by atoms with Crippen LogP contribution in [0.2, 0.25) is 6.32 Å². The number of aliphatic carboxylic acids is 1. The molecule has 2 radical (unpaired) electrons. The van der Waals surface area contributed by atoms with Crippen LogP contribution in [-0.4, -0.2) is 37.6 Å². The van der Waals surface area contributed by atoms with Gasteiger partial charge in [0.05, 0.1) is 7.85 Å². The third-order valence-electron chi connectivity index (χ3n) is 3.02. The molecule has 1 atom stereocenters. The van der Waals surface area contributed by atoms with Crippen molar-refractivity contribution in [3.05, 3.63) is 0 Å². The average molecular weight is 210 g/mol. The second-order valence-corrected chi connectivity index (χ2v) is 4.44. The standard InChI is InChI=1S/C10H19BN2O2/c11-4-2-1-3-10(12,9(14)15)5-8-6-13-7-8/h8,13H,1-7,12H2,(H,14,15). The first-order chi connectivity index (χ1) is 7.08. The summed E-state index contributed by atoms with van der Waals surface area (Å²) in [6.07, 6.45) is 3.32. The van der Waals surface area contributed by atoms with E-state index in [1.54, 1.807) is 0 Å². The van der Waals surface area contributed by atoms with Gasteiger partial charge in [-0.05, 0) is 31.8 Å².